The Hall–Kier alpha value is -3.10. The molecular formula is C26H37N7O. The fraction of sp³-hybridized carbons (Fsp3) is 0.462. The molecule has 1 aliphatic heterocycles. The molecule has 5 N–H and O–H groups in total. The lowest BCUT2D eigenvalue weighted by Gasteiger charge is -2.25. The van der Waals surface area contributed by atoms with E-state index in [1.54, 1.807) is 12.4 Å². The molecule has 1 aliphatic rings. The Balaban J connectivity index is 1.82. The van der Waals surface area contributed by atoms with E-state index in [1.165, 1.54) is 0 Å². The molecule has 8 heteroatoms. The molecule has 0 fully saturated rings. The number of aliphatic imine (C=N–C) groups is 1. The summed E-state index contributed by atoms with van der Waals surface area (Å²) in [5.74, 6) is 1.57. The molecule has 1 aromatic heterocycles. The topological polar surface area (TPSA) is 123 Å². The van der Waals surface area contributed by atoms with E-state index < -0.39 is 0 Å². The van der Waals surface area contributed by atoms with Crippen molar-refractivity contribution < 1.29 is 4.79 Å². The van der Waals surface area contributed by atoms with Gasteiger partial charge in [0.1, 0.15) is 11.7 Å². The van der Waals surface area contributed by atoms with Crippen LogP contribution in [-0.4, -0.2) is 52.8 Å². The number of carbonyl (C=O) groups is 1. The van der Waals surface area contributed by atoms with Crippen LogP contribution in [0.5, 0.6) is 0 Å². The first-order valence-electron chi connectivity index (χ1n) is 12.1. The van der Waals surface area contributed by atoms with Gasteiger partial charge in [0.2, 0.25) is 5.91 Å². The van der Waals surface area contributed by atoms with Crippen molar-refractivity contribution in [2.75, 3.05) is 26.2 Å². The predicted octanol–water partition coefficient (Wildman–Crippen LogP) is 3.25. The Morgan fingerprint density at radius 3 is 2.62 bits per heavy atom. The highest BCUT2D eigenvalue weighted by Crippen LogP contribution is 2.31. The quantitative estimate of drug-likeness (QED) is 0.470. The van der Waals surface area contributed by atoms with Crippen LogP contribution >= 0.6 is 0 Å². The Morgan fingerprint density at radius 2 is 1.94 bits per heavy atom. The van der Waals surface area contributed by atoms with E-state index in [0.29, 0.717) is 36.1 Å². The summed E-state index contributed by atoms with van der Waals surface area (Å²) in [5.41, 5.74) is 15.9. The fourth-order valence-corrected chi connectivity index (χ4v) is 3.97. The van der Waals surface area contributed by atoms with Gasteiger partial charge in [-0.15, -0.1) is 0 Å². The summed E-state index contributed by atoms with van der Waals surface area (Å²) in [5, 5.41) is 3.38. The molecule has 2 aromatic rings. The molecule has 0 spiro atoms. The molecule has 1 unspecified atom stereocenters. The highest BCUT2D eigenvalue weighted by atomic mass is 16.2. The number of benzene rings is 1. The summed E-state index contributed by atoms with van der Waals surface area (Å²) in [6, 6.07) is 5.92. The Morgan fingerprint density at radius 1 is 1.18 bits per heavy atom. The minimum atomic E-state index is 0.0401. The number of rotatable bonds is 11. The molecule has 182 valence electrons. The maximum Gasteiger partial charge on any atom is 0.250 e. The molecule has 34 heavy (non-hydrogen) atoms. The third kappa shape index (κ3) is 6.71. The molecular weight excluding hydrogens is 426 g/mol. The first-order chi connectivity index (χ1) is 16.4. The largest absolute Gasteiger partial charge is 0.387 e. The van der Waals surface area contributed by atoms with Gasteiger partial charge in [-0.05, 0) is 49.6 Å². The van der Waals surface area contributed by atoms with Crippen LogP contribution in [0, 0.1) is 5.92 Å². The number of fused-ring (bicyclic) bond motifs is 1. The molecule has 0 radical (unpaired) electrons. The van der Waals surface area contributed by atoms with E-state index in [-0.39, 0.29) is 5.91 Å². The summed E-state index contributed by atoms with van der Waals surface area (Å²) < 4.78 is 0. The second kappa shape index (κ2) is 12.4. The van der Waals surface area contributed by atoms with E-state index in [0.717, 1.165) is 61.4 Å². The number of nitrogens with zero attached hydrogens (tertiary/aromatic N) is 4. The van der Waals surface area contributed by atoms with Gasteiger partial charge < -0.3 is 21.7 Å². The molecule has 3 rings (SSSR count). The van der Waals surface area contributed by atoms with Gasteiger partial charge in [-0.25, -0.2) is 15.0 Å². The van der Waals surface area contributed by atoms with Gasteiger partial charge >= 0.3 is 0 Å². The van der Waals surface area contributed by atoms with Crippen molar-refractivity contribution in [3.63, 3.8) is 0 Å². The number of nitrogens with two attached hydrogens (primary N) is 2. The van der Waals surface area contributed by atoms with Crippen molar-refractivity contribution in [3.8, 4) is 11.1 Å². The van der Waals surface area contributed by atoms with Crippen molar-refractivity contribution in [1.82, 2.24) is 20.2 Å². The maximum absolute atomic E-state index is 13.5. The summed E-state index contributed by atoms with van der Waals surface area (Å²) in [6.45, 7) is 10.1. The van der Waals surface area contributed by atoms with E-state index in [1.807, 2.05) is 29.2 Å². The molecule has 0 saturated carbocycles. The number of nitrogens with one attached hydrogen (secondary N) is 1. The van der Waals surface area contributed by atoms with Crippen LogP contribution in [-0.2, 0) is 11.3 Å². The van der Waals surface area contributed by atoms with Crippen molar-refractivity contribution in [2.45, 2.75) is 46.6 Å². The van der Waals surface area contributed by atoms with Crippen LogP contribution < -0.4 is 16.8 Å². The minimum absolute atomic E-state index is 0.0401. The minimum Gasteiger partial charge on any atom is -0.387 e. The van der Waals surface area contributed by atoms with Crippen LogP contribution in [0.3, 0.4) is 0 Å². The van der Waals surface area contributed by atoms with E-state index in [4.69, 9.17) is 11.5 Å². The second-order valence-electron chi connectivity index (χ2n) is 8.81. The highest BCUT2D eigenvalue weighted by molar-refractivity contribution is 6.05. The van der Waals surface area contributed by atoms with Crippen LogP contribution in [0.25, 0.3) is 17.2 Å². The Bertz CT molecular complexity index is 1030. The first kappa shape index (κ1) is 25.5. The zero-order chi connectivity index (χ0) is 24.5. The third-order valence-corrected chi connectivity index (χ3v) is 5.91. The Labute approximate surface area is 202 Å². The SMILES string of the molecule is CCCN(CCC(C)CNCC)C(=O)C1=Cc2ccc(-c3cnc(CN)nc3)cc2N=C(N)C1. The average Bonchev–Trinajstić information content (AvgIpc) is 3.02. The lowest BCUT2D eigenvalue weighted by atomic mass is 10.0. The Kier molecular flexibility index (Phi) is 9.30. The van der Waals surface area contributed by atoms with Crippen molar-refractivity contribution in [1.29, 1.82) is 0 Å². The smallest absolute Gasteiger partial charge is 0.250 e. The van der Waals surface area contributed by atoms with Gasteiger partial charge in [0.25, 0.3) is 0 Å². The monoisotopic (exact) mass is 463 g/mol. The number of aromatic nitrogens is 2. The maximum atomic E-state index is 13.5. The molecule has 8 nitrogen and oxygen atoms in total. The molecule has 1 aromatic carbocycles. The zero-order valence-electron chi connectivity index (χ0n) is 20.6. The van der Waals surface area contributed by atoms with E-state index >= 15 is 0 Å². The number of amides is 1. The lowest BCUT2D eigenvalue weighted by molar-refractivity contribution is -0.127. The summed E-state index contributed by atoms with van der Waals surface area (Å²) in [7, 11) is 0. The molecule has 1 amide bonds. The molecule has 0 aliphatic carbocycles. The molecule has 0 bridgehead atoms. The lowest BCUT2D eigenvalue weighted by Crippen LogP contribution is -2.36. The van der Waals surface area contributed by atoms with Gasteiger partial charge in [0, 0.05) is 48.6 Å². The van der Waals surface area contributed by atoms with Gasteiger partial charge in [-0.3, -0.25) is 4.79 Å². The molecule has 0 saturated heterocycles. The standard InChI is InChI=1S/C26H37N7O/c1-4-9-33(10-8-18(3)15-29-5-2)26(34)21-11-20-7-6-19(12-23(20)32-24(28)13-21)22-16-30-25(14-27)31-17-22/h6-7,11-12,16-18,29H,4-5,8-10,13-15,27H2,1-3H3,(H2,28,32). The number of hydrogen-bond acceptors (Lipinski definition) is 7. The van der Waals surface area contributed by atoms with Crippen molar-refractivity contribution in [3.05, 3.63) is 47.6 Å². The average molecular weight is 464 g/mol. The number of hydrogen-bond donors (Lipinski definition) is 3. The fourth-order valence-electron chi connectivity index (χ4n) is 3.97. The van der Waals surface area contributed by atoms with Crippen LogP contribution in [0.4, 0.5) is 5.69 Å². The summed E-state index contributed by atoms with van der Waals surface area (Å²) >= 11 is 0. The molecule has 1 atom stereocenters. The van der Waals surface area contributed by atoms with Gasteiger partial charge in [-0.2, -0.15) is 0 Å². The van der Waals surface area contributed by atoms with Crippen LogP contribution in [0.1, 0.15) is 51.4 Å². The van der Waals surface area contributed by atoms with Crippen molar-refractivity contribution in [2.24, 2.45) is 22.4 Å². The predicted molar refractivity (Wildman–Crippen MR) is 138 cm³/mol. The van der Waals surface area contributed by atoms with E-state index in [9.17, 15) is 4.79 Å². The van der Waals surface area contributed by atoms with E-state index in [2.05, 4.69) is 41.0 Å². The van der Waals surface area contributed by atoms with Crippen LogP contribution in [0.2, 0.25) is 0 Å². The zero-order valence-corrected chi connectivity index (χ0v) is 20.6. The van der Waals surface area contributed by atoms with Crippen molar-refractivity contribution >= 4 is 23.5 Å². The van der Waals surface area contributed by atoms with Gasteiger partial charge in [0.15, 0.2) is 0 Å². The third-order valence-electron chi connectivity index (χ3n) is 5.91. The summed E-state index contributed by atoms with van der Waals surface area (Å²) in [4.78, 5) is 28.6. The number of amidine groups is 1. The number of carbonyl (C=O) groups excluding carboxylic acids is 1. The van der Waals surface area contributed by atoms with Crippen LogP contribution in [0.15, 0.2) is 41.2 Å². The normalized spacial score (nSPS) is 14.0. The highest BCUT2D eigenvalue weighted by Gasteiger charge is 2.22. The first-order valence-corrected chi connectivity index (χ1v) is 12.1. The van der Waals surface area contributed by atoms with Gasteiger partial charge in [0.05, 0.1) is 12.2 Å². The second-order valence-corrected chi connectivity index (χ2v) is 8.81. The summed E-state index contributed by atoms with van der Waals surface area (Å²) in [6.07, 6.45) is 7.65. The van der Waals surface area contributed by atoms with Gasteiger partial charge in [-0.1, -0.05) is 32.9 Å². The molecule has 2 heterocycles.